The molecule has 1 N–H and O–H groups in total. The Balaban J connectivity index is 2.08. The van der Waals surface area contributed by atoms with E-state index in [-0.39, 0.29) is 18.4 Å². The molecule has 0 aliphatic rings. The Bertz CT molecular complexity index is 340. The monoisotopic (exact) mass is 241 g/mol. The van der Waals surface area contributed by atoms with Gasteiger partial charge < -0.3 is 14.8 Å². The van der Waals surface area contributed by atoms with Crippen LogP contribution in [0.2, 0.25) is 0 Å². The molecular weight excluding hydrogens is 225 g/mol. The van der Waals surface area contributed by atoms with E-state index in [0.717, 1.165) is 5.56 Å². The average Bonchev–Trinajstić information content (AvgIpc) is 2.31. The Labute approximate surface area is 99.7 Å². The molecule has 1 rings (SSSR count). The average molecular weight is 241 g/mol. The predicted molar refractivity (Wildman–Crippen MR) is 60.9 cm³/mol. The zero-order valence-corrected chi connectivity index (χ0v) is 9.74. The molecule has 0 radical (unpaired) electrons. The first-order valence-corrected chi connectivity index (χ1v) is 5.32. The number of ether oxygens (including phenoxy) is 2. The van der Waals surface area contributed by atoms with Gasteiger partial charge in [-0.1, -0.05) is 12.1 Å². The summed E-state index contributed by atoms with van der Waals surface area (Å²) in [6, 6.07) is 6.24. The number of carbonyl (C=O) groups is 1. The van der Waals surface area contributed by atoms with E-state index >= 15 is 0 Å². The van der Waals surface area contributed by atoms with Crippen molar-refractivity contribution in [3.8, 4) is 0 Å². The zero-order valence-electron chi connectivity index (χ0n) is 9.74. The van der Waals surface area contributed by atoms with Crippen LogP contribution < -0.4 is 5.32 Å². The molecule has 4 nitrogen and oxygen atoms in total. The SMILES string of the molecule is COCC(=O)OCCNCc1ccc(F)cc1. The fourth-order valence-electron chi connectivity index (χ4n) is 1.23. The third-order valence-corrected chi connectivity index (χ3v) is 2.05. The van der Waals surface area contributed by atoms with Gasteiger partial charge in [-0.3, -0.25) is 0 Å². The first-order valence-electron chi connectivity index (χ1n) is 5.32. The van der Waals surface area contributed by atoms with Crippen molar-refractivity contribution < 1.29 is 18.7 Å². The lowest BCUT2D eigenvalue weighted by molar-refractivity contribution is -0.147. The zero-order chi connectivity index (χ0) is 12.5. The number of benzene rings is 1. The summed E-state index contributed by atoms with van der Waals surface area (Å²) in [6.45, 7) is 1.43. The van der Waals surface area contributed by atoms with Crippen LogP contribution in [0.5, 0.6) is 0 Å². The number of methoxy groups -OCH3 is 1. The number of carbonyl (C=O) groups excluding carboxylic acids is 1. The van der Waals surface area contributed by atoms with Crippen LogP contribution in [-0.4, -0.2) is 32.8 Å². The summed E-state index contributed by atoms with van der Waals surface area (Å²) >= 11 is 0. The topological polar surface area (TPSA) is 47.6 Å². The first-order chi connectivity index (χ1) is 8.22. The molecule has 0 heterocycles. The third kappa shape index (κ3) is 5.99. The van der Waals surface area contributed by atoms with Gasteiger partial charge in [-0.15, -0.1) is 0 Å². The largest absolute Gasteiger partial charge is 0.463 e. The maximum absolute atomic E-state index is 12.6. The highest BCUT2D eigenvalue weighted by Crippen LogP contribution is 2.01. The van der Waals surface area contributed by atoms with Crippen molar-refractivity contribution in [3.63, 3.8) is 0 Å². The van der Waals surface area contributed by atoms with Gasteiger partial charge in [-0.2, -0.15) is 0 Å². The minimum Gasteiger partial charge on any atom is -0.463 e. The highest BCUT2D eigenvalue weighted by atomic mass is 19.1. The fourth-order valence-corrected chi connectivity index (χ4v) is 1.23. The van der Waals surface area contributed by atoms with E-state index in [1.807, 2.05) is 0 Å². The molecule has 0 atom stereocenters. The lowest BCUT2D eigenvalue weighted by Gasteiger charge is -2.06. The number of esters is 1. The summed E-state index contributed by atoms with van der Waals surface area (Å²) in [5.41, 5.74) is 0.981. The second-order valence-electron chi connectivity index (χ2n) is 3.46. The van der Waals surface area contributed by atoms with E-state index < -0.39 is 0 Å². The summed E-state index contributed by atoms with van der Waals surface area (Å²) in [7, 11) is 1.44. The quantitative estimate of drug-likeness (QED) is 0.573. The maximum atomic E-state index is 12.6. The van der Waals surface area contributed by atoms with Gasteiger partial charge in [-0.05, 0) is 17.7 Å². The van der Waals surface area contributed by atoms with Crippen molar-refractivity contribution in [1.29, 1.82) is 0 Å². The highest BCUT2D eigenvalue weighted by Gasteiger charge is 2.00. The molecule has 0 aliphatic heterocycles. The Morgan fingerprint density at radius 3 is 2.71 bits per heavy atom. The molecule has 0 spiro atoms. The number of halogens is 1. The van der Waals surface area contributed by atoms with Crippen LogP contribution in [0.15, 0.2) is 24.3 Å². The molecule has 0 bridgehead atoms. The summed E-state index contributed by atoms with van der Waals surface area (Å²) in [4.78, 5) is 10.9. The van der Waals surface area contributed by atoms with Crippen LogP contribution in [0.3, 0.4) is 0 Å². The number of rotatable bonds is 7. The van der Waals surface area contributed by atoms with Crippen LogP contribution >= 0.6 is 0 Å². The van der Waals surface area contributed by atoms with Gasteiger partial charge in [0.2, 0.25) is 0 Å². The van der Waals surface area contributed by atoms with E-state index in [1.54, 1.807) is 12.1 Å². The third-order valence-electron chi connectivity index (χ3n) is 2.05. The van der Waals surface area contributed by atoms with Crippen LogP contribution in [0.1, 0.15) is 5.56 Å². The molecule has 0 amide bonds. The second-order valence-corrected chi connectivity index (χ2v) is 3.46. The fraction of sp³-hybridized carbons (Fsp3) is 0.417. The number of hydrogen-bond acceptors (Lipinski definition) is 4. The minimum atomic E-state index is -0.379. The lowest BCUT2D eigenvalue weighted by atomic mass is 10.2. The minimum absolute atomic E-state index is 0.0298. The summed E-state index contributed by atoms with van der Waals surface area (Å²) in [5, 5.41) is 3.08. The van der Waals surface area contributed by atoms with E-state index in [2.05, 4.69) is 10.1 Å². The molecule has 94 valence electrons. The summed E-state index contributed by atoms with van der Waals surface area (Å²) < 4.78 is 22.1. The molecule has 1 aromatic carbocycles. The molecule has 1 aromatic rings. The molecule has 0 saturated carbocycles. The lowest BCUT2D eigenvalue weighted by Crippen LogP contribution is -2.22. The Hall–Kier alpha value is -1.46. The molecule has 0 aliphatic carbocycles. The maximum Gasteiger partial charge on any atom is 0.332 e. The molecule has 0 saturated heterocycles. The van der Waals surface area contributed by atoms with Gasteiger partial charge in [0.05, 0.1) is 0 Å². The Morgan fingerprint density at radius 2 is 2.06 bits per heavy atom. The first kappa shape index (κ1) is 13.6. The van der Waals surface area contributed by atoms with Crippen molar-refractivity contribution >= 4 is 5.97 Å². The normalized spacial score (nSPS) is 10.2. The van der Waals surface area contributed by atoms with E-state index in [1.165, 1.54) is 19.2 Å². The summed E-state index contributed by atoms with van der Waals surface area (Å²) in [6.07, 6.45) is 0. The van der Waals surface area contributed by atoms with Crippen LogP contribution in [-0.2, 0) is 20.8 Å². The molecule has 5 heteroatoms. The number of nitrogens with one attached hydrogen (secondary N) is 1. The van der Waals surface area contributed by atoms with Crippen molar-refractivity contribution in [1.82, 2.24) is 5.32 Å². The summed E-state index contributed by atoms with van der Waals surface area (Å²) in [5.74, 6) is -0.627. The van der Waals surface area contributed by atoms with E-state index in [0.29, 0.717) is 19.7 Å². The smallest absolute Gasteiger partial charge is 0.332 e. The van der Waals surface area contributed by atoms with Gasteiger partial charge in [-0.25, -0.2) is 9.18 Å². The van der Waals surface area contributed by atoms with Crippen molar-refractivity contribution in [3.05, 3.63) is 35.6 Å². The van der Waals surface area contributed by atoms with Crippen molar-refractivity contribution in [2.75, 3.05) is 26.9 Å². The molecule has 0 fully saturated rings. The van der Waals surface area contributed by atoms with Gasteiger partial charge in [0.25, 0.3) is 0 Å². The van der Waals surface area contributed by atoms with Gasteiger partial charge in [0.15, 0.2) is 0 Å². The molecule has 0 unspecified atom stereocenters. The van der Waals surface area contributed by atoms with Gasteiger partial charge >= 0.3 is 5.97 Å². The van der Waals surface area contributed by atoms with Crippen LogP contribution in [0.25, 0.3) is 0 Å². The van der Waals surface area contributed by atoms with Gasteiger partial charge in [0, 0.05) is 20.2 Å². The van der Waals surface area contributed by atoms with Crippen molar-refractivity contribution in [2.24, 2.45) is 0 Å². The van der Waals surface area contributed by atoms with E-state index in [4.69, 9.17) is 4.74 Å². The van der Waals surface area contributed by atoms with E-state index in [9.17, 15) is 9.18 Å². The highest BCUT2D eigenvalue weighted by molar-refractivity contribution is 5.70. The molecule has 0 aromatic heterocycles. The molecule has 17 heavy (non-hydrogen) atoms. The van der Waals surface area contributed by atoms with Crippen LogP contribution in [0.4, 0.5) is 4.39 Å². The predicted octanol–water partition coefficient (Wildman–Crippen LogP) is 1.10. The van der Waals surface area contributed by atoms with Crippen molar-refractivity contribution in [2.45, 2.75) is 6.54 Å². The standard InChI is InChI=1S/C12H16FNO3/c1-16-9-12(15)17-7-6-14-8-10-2-4-11(13)5-3-10/h2-5,14H,6-9H2,1H3. The Kier molecular flexibility index (Phi) is 6.21. The Morgan fingerprint density at radius 1 is 1.35 bits per heavy atom. The number of hydrogen-bond donors (Lipinski definition) is 1. The van der Waals surface area contributed by atoms with Crippen LogP contribution in [0, 0.1) is 5.82 Å². The molecular formula is C12H16FNO3. The van der Waals surface area contributed by atoms with Gasteiger partial charge in [0.1, 0.15) is 19.0 Å². The second kappa shape index (κ2) is 7.76.